The van der Waals surface area contributed by atoms with Crippen LogP contribution in [0.5, 0.6) is 0 Å². The number of allylic oxidation sites excluding steroid dienone is 2. The molecule has 144 valence electrons. The molecule has 1 saturated carbocycles. The molecule has 1 aliphatic heterocycles. The van der Waals surface area contributed by atoms with E-state index >= 15 is 0 Å². The first-order chi connectivity index (χ1) is 12.0. The highest BCUT2D eigenvalue weighted by atomic mass is 35.5. The fourth-order valence-corrected chi connectivity index (χ4v) is 6.79. The van der Waals surface area contributed by atoms with Gasteiger partial charge in [-0.05, 0) is 37.3 Å². The quantitative estimate of drug-likeness (QED) is 0.706. The van der Waals surface area contributed by atoms with E-state index in [-0.39, 0.29) is 27.4 Å². The van der Waals surface area contributed by atoms with Crippen molar-refractivity contribution in [1.29, 1.82) is 0 Å². The Labute approximate surface area is 164 Å². The molecule has 2 aliphatic rings. The van der Waals surface area contributed by atoms with Gasteiger partial charge in [-0.2, -0.15) is 4.31 Å². The van der Waals surface area contributed by atoms with Gasteiger partial charge in [0.15, 0.2) is 0 Å². The predicted octanol–water partition coefficient (Wildman–Crippen LogP) is 3.47. The van der Waals surface area contributed by atoms with Crippen molar-refractivity contribution in [2.75, 3.05) is 26.2 Å². The zero-order valence-corrected chi connectivity index (χ0v) is 17.9. The minimum Gasteiger partial charge on any atom is -0.340 e. The highest BCUT2D eigenvalue weighted by molar-refractivity contribution is 7.91. The lowest BCUT2D eigenvalue weighted by Gasteiger charge is -2.34. The molecule has 1 amide bonds. The first-order valence-electron chi connectivity index (χ1n) is 8.74. The fraction of sp³-hybridized carbons (Fsp3) is 0.611. The number of hydrogen-bond acceptors (Lipinski definition) is 4. The number of hydrogen-bond donors (Lipinski definition) is 0. The summed E-state index contributed by atoms with van der Waals surface area (Å²) in [6.45, 7) is 9.87. The lowest BCUT2D eigenvalue weighted by atomic mass is 10.1. The number of thiophene rings is 1. The summed E-state index contributed by atoms with van der Waals surface area (Å²) < 4.78 is 27.5. The molecule has 5 nitrogen and oxygen atoms in total. The standard InChI is InChI=1S/C18H25ClN2O3S2/c1-12(2)11-13-16(18(13,3)4)17(22)20-7-9-21(10-8-20)26(23,24)15-6-5-14(19)25-15/h5-6,11,13,16H,7-10H2,1-4H3/t13-,16+/m0/s1. The molecule has 8 heteroatoms. The zero-order chi connectivity index (χ0) is 19.3. The maximum atomic E-state index is 12.9. The maximum Gasteiger partial charge on any atom is 0.252 e. The number of halogens is 1. The molecule has 1 saturated heterocycles. The summed E-state index contributed by atoms with van der Waals surface area (Å²) in [4.78, 5) is 14.7. The molecule has 2 heterocycles. The van der Waals surface area contributed by atoms with Crippen LogP contribution in [0.25, 0.3) is 0 Å². The Morgan fingerprint density at radius 1 is 1.23 bits per heavy atom. The Morgan fingerprint density at radius 2 is 1.85 bits per heavy atom. The third kappa shape index (κ3) is 3.59. The normalized spacial score (nSPS) is 25.8. The van der Waals surface area contributed by atoms with Crippen LogP contribution in [0.15, 0.2) is 28.0 Å². The topological polar surface area (TPSA) is 57.7 Å². The molecule has 0 unspecified atom stereocenters. The molecular weight excluding hydrogens is 392 g/mol. The van der Waals surface area contributed by atoms with Crippen molar-refractivity contribution in [2.45, 2.75) is 31.9 Å². The first-order valence-corrected chi connectivity index (χ1v) is 11.4. The average molecular weight is 417 g/mol. The summed E-state index contributed by atoms with van der Waals surface area (Å²) in [5, 5.41) is 0. The molecule has 0 bridgehead atoms. The van der Waals surface area contributed by atoms with Crippen molar-refractivity contribution in [1.82, 2.24) is 9.21 Å². The fourth-order valence-electron chi connectivity index (χ4n) is 3.73. The van der Waals surface area contributed by atoms with Crippen LogP contribution in [0, 0.1) is 17.3 Å². The summed E-state index contributed by atoms with van der Waals surface area (Å²) >= 11 is 6.93. The van der Waals surface area contributed by atoms with Gasteiger partial charge in [-0.1, -0.05) is 37.1 Å². The Morgan fingerprint density at radius 3 is 2.35 bits per heavy atom. The van der Waals surface area contributed by atoms with E-state index in [9.17, 15) is 13.2 Å². The van der Waals surface area contributed by atoms with Gasteiger partial charge in [0.05, 0.1) is 10.3 Å². The van der Waals surface area contributed by atoms with E-state index in [0.29, 0.717) is 30.5 Å². The Kier molecular flexibility index (Phi) is 5.29. The third-order valence-electron chi connectivity index (χ3n) is 5.38. The van der Waals surface area contributed by atoms with Crippen molar-refractivity contribution < 1.29 is 13.2 Å². The van der Waals surface area contributed by atoms with Crippen LogP contribution in [0.1, 0.15) is 27.7 Å². The second-order valence-corrected chi connectivity index (χ2v) is 11.7. The van der Waals surface area contributed by atoms with Crippen molar-refractivity contribution in [3.05, 3.63) is 28.1 Å². The third-order valence-corrected chi connectivity index (χ3v) is 8.98. The minimum absolute atomic E-state index is 0.00309. The SMILES string of the molecule is CC(C)=C[C@H]1[C@H](C(=O)N2CCN(S(=O)(=O)c3ccc(Cl)s3)CC2)C1(C)C. The van der Waals surface area contributed by atoms with Crippen molar-refractivity contribution >= 4 is 38.9 Å². The Hall–Kier alpha value is -0.890. The van der Waals surface area contributed by atoms with Gasteiger partial charge >= 0.3 is 0 Å². The summed E-state index contributed by atoms with van der Waals surface area (Å²) in [5.74, 6) is 0.417. The average Bonchev–Trinajstić information content (AvgIpc) is 2.90. The van der Waals surface area contributed by atoms with E-state index in [2.05, 4.69) is 33.8 Å². The van der Waals surface area contributed by atoms with Crippen LogP contribution in [0.4, 0.5) is 0 Å². The van der Waals surface area contributed by atoms with Crippen molar-refractivity contribution in [3.63, 3.8) is 0 Å². The van der Waals surface area contributed by atoms with Crippen LogP contribution in [-0.4, -0.2) is 49.7 Å². The molecule has 0 spiro atoms. The number of nitrogens with zero attached hydrogens (tertiary/aromatic N) is 2. The molecule has 1 aliphatic carbocycles. The lowest BCUT2D eigenvalue weighted by Crippen LogP contribution is -2.51. The van der Waals surface area contributed by atoms with Gasteiger partial charge in [0, 0.05) is 26.2 Å². The van der Waals surface area contributed by atoms with E-state index in [1.54, 1.807) is 6.07 Å². The largest absolute Gasteiger partial charge is 0.340 e. The highest BCUT2D eigenvalue weighted by Gasteiger charge is 2.61. The Bertz CT molecular complexity index is 832. The molecule has 1 aromatic rings. The number of rotatable bonds is 4. The monoisotopic (exact) mass is 416 g/mol. The van der Waals surface area contributed by atoms with Crippen molar-refractivity contribution in [2.24, 2.45) is 17.3 Å². The first kappa shape index (κ1) is 19.9. The van der Waals surface area contributed by atoms with Crippen molar-refractivity contribution in [3.8, 4) is 0 Å². The van der Waals surface area contributed by atoms with Gasteiger partial charge in [-0.25, -0.2) is 8.42 Å². The van der Waals surface area contributed by atoms with Crippen LogP contribution >= 0.6 is 22.9 Å². The summed E-state index contributed by atoms with van der Waals surface area (Å²) in [6.07, 6.45) is 2.18. The molecule has 3 rings (SSSR count). The van der Waals surface area contributed by atoms with E-state index in [1.807, 2.05) is 4.90 Å². The molecule has 26 heavy (non-hydrogen) atoms. The second kappa shape index (κ2) is 6.93. The van der Waals surface area contributed by atoms with E-state index < -0.39 is 10.0 Å². The van der Waals surface area contributed by atoms with Crippen LogP contribution in [0.2, 0.25) is 4.34 Å². The van der Waals surface area contributed by atoms with Gasteiger partial charge < -0.3 is 4.90 Å². The van der Waals surface area contributed by atoms with Gasteiger partial charge in [0.1, 0.15) is 4.21 Å². The van der Waals surface area contributed by atoms with E-state index in [1.165, 1.54) is 15.9 Å². The number of piperazine rings is 1. The maximum absolute atomic E-state index is 12.9. The number of carbonyl (C=O) groups is 1. The number of carbonyl (C=O) groups excluding carboxylic acids is 1. The summed E-state index contributed by atoms with van der Waals surface area (Å²) in [6, 6.07) is 3.13. The summed E-state index contributed by atoms with van der Waals surface area (Å²) in [5.41, 5.74) is 1.20. The molecule has 0 N–H and O–H groups in total. The number of amides is 1. The molecule has 2 fully saturated rings. The van der Waals surface area contributed by atoms with Crippen LogP contribution in [0.3, 0.4) is 0 Å². The van der Waals surface area contributed by atoms with Gasteiger partial charge in [0.2, 0.25) is 5.91 Å². The zero-order valence-electron chi connectivity index (χ0n) is 15.5. The van der Waals surface area contributed by atoms with Gasteiger partial charge in [-0.15, -0.1) is 11.3 Å². The highest BCUT2D eigenvalue weighted by Crippen LogP contribution is 2.60. The molecule has 2 atom stereocenters. The second-order valence-electron chi connectivity index (χ2n) is 7.86. The summed E-state index contributed by atoms with van der Waals surface area (Å²) in [7, 11) is -3.52. The van der Waals surface area contributed by atoms with E-state index in [0.717, 1.165) is 11.3 Å². The van der Waals surface area contributed by atoms with E-state index in [4.69, 9.17) is 11.6 Å². The lowest BCUT2D eigenvalue weighted by molar-refractivity contribution is -0.134. The minimum atomic E-state index is -3.52. The number of sulfonamides is 1. The molecule has 1 aromatic heterocycles. The predicted molar refractivity (Wildman–Crippen MR) is 105 cm³/mol. The van der Waals surface area contributed by atoms with Gasteiger partial charge in [-0.3, -0.25) is 4.79 Å². The molecule has 0 radical (unpaired) electrons. The molecule has 0 aromatic carbocycles. The smallest absolute Gasteiger partial charge is 0.252 e. The van der Waals surface area contributed by atoms with Crippen LogP contribution < -0.4 is 0 Å². The van der Waals surface area contributed by atoms with Gasteiger partial charge in [0.25, 0.3) is 10.0 Å². The Balaban J connectivity index is 1.64. The van der Waals surface area contributed by atoms with Crippen LogP contribution in [-0.2, 0) is 14.8 Å². The molecular formula is C18H25ClN2O3S2.